The second kappa shape index (κ2) is 6.86. The van der Waals surface area contributed by atoms with Crippen LogP contribution in [0.2, 0.25) is 0 Å². The van der Waals surface area contributed by atoms with Crippen molar-refractivity contribution in [2.24, 2.45) is 0 Å². The molecule has 0 aromatic heterocycles. The summed E-state index contributed by atoms with van der Waals surface area (Å²) in [5.74, 6) is -1.98. The molecule has 0 saturated heterocycles. The van der Waals surface area contributed by atoms with E-state index in [1.807, 2.05) is 6.07 Å². The van der Waals surface area contributed by atoms with E-state index in [-0.39, 0.29) is 18.1 Å². The summed E-state index contributed by atoms with van der Waals surface area (Å²) >= 11 is 0. The van der Waals surface area contributed by atoms with Gasteiger partial charge in [-0.05, 0) is 48.4 Å². The Morgan fingerprint density at radius 2 is 1.77 bits per heavy atom. The third-order valence-corrected chi connectivity index (χ3v) is 3.53. The predicted molar refractivity (Wildman–Crippen MR) is 80.4 cm³/mol. The molecule has 0 aliphatic rings. The van der Waals surface area contributed by atoms with Crippen LogP contribution in [0.5, 0.6) is 0 Å². The Kier molecular flexibility index (Phi) is 4.90. The molecule has 0 spiro atoms. The van der Waals surface area contributed by atoms with Crippen molar-refractivity contribution >= 4 is 0 Å². The smallest absolute Gasteiger partial charge is 0.159 e. The standard InChI is InChI=1S/C18H15F2NO/c1-2-15(22)10-16(13-5-3-12(11-21)4-6-13)14-7-8-17(19)18(20)9-14/h2-9,16,22H,10H2,1H3/t16-/m1/s1. The molecule has 1 N–H and O–H groups in total. The molecule has 0 aliphatic heterocycles. The van der Waals surface area contributed by atoms with Crippen molar-refractivity contribution in [3.63, 3.8) is 0 Å². The van der Waals surface area contributed by atoms with Crippen LogP contribution in [0.1, 0.15) is 36.0 Å². The highest BCUT2D eigenvalue weighted by Crippen LogP contribution is 2.31. The van der Waals surface area contributed by atoms with E-state index in [1.54, 1.807) is 37.3 Å². The largest absolute Gasteiger partial charge is 0.513 e. The number of nitriles is 1. The first-order valence-electron chi connectivity index (χ1n) is 6.84. The SMILES string of the molecule is CC=C(O)C[C@H](c1ccc(C#N)cc1)c1ccc(F)c(F)c1. The highest BCUT2D eigenvalue weighted by molar-refractivity contribution is 5.38. The fraction of sp³-hybridized carbons (Fsp3) is 0.167. The Hall–Kier alpha value is -2.67. The Morgan fingerprint density at radius 3 is 2.32 bits per heavy atom. The van der Waals surface area contributed by atoms with Gasteiger partial charge in [0.05, 0.1) is 17.4 Å². The van der Waals surface area contributed by atoms with Gasteiger partial charge in [0.1, 0.15) is 0 Å². The van der Waals surface area contributed by atoms with Gasteiger partial charge in [0.2, 0.25) is 0 Å². The van der Waals surface area contributed by atoms with E-state index < -0.39 is 11.6 Å². The molecule has 1 atom stereocenters. The summed E-state index contributed by atoms with van der Waals surface area (Å²) in [4.78, 5) is 0. The van der Waals surface area contributed by atoms with E-state index in [4.69, 9.17) is 5.26 Å². The number of hydrogen-bond donors (Lipinski definition) is 1. The average Bonchev–Trinajstić information content (AvgIpc) is 2.55. The molecule has 2 nitrogen and oxygen atoms in total. The van der Waals surface area contributed by atoms with Crippen molar-refractivity contribution < 1.29 is 13.9 Å². The fourth-order valence-corrected chi connectivity index (χ4v) is 2.27. The second-order valence-electron chi connectivity index (χ2n) is 4.94. The molecule has 0 heterocycles. The van der Waals surface area contributed by atoms with Crippen molar-refractivity contribution in [3.05, 3.63) is 82.6 Å². The van der Waals surface area contributed by atoms with Crippen molar-refractivity contribution in [1.82, 2.24) is 0 Å². The molecule has 22 heavy (non-hydrogen) atoms. The Balaban J connectivity index is 2.45. The quantitative estimate of drug-likeness (QED) is 0.822. The lowest BCUT2D eigenvalue weighted by molar-refractivity contribution is 0.379. The highest BCUT2D eigenvalue weighted by Gasteiger charge is 2.17. The van der Waals surface area contributed by atoms with Crippen LogP contribution in [0.4, 0.5) is 8.78 Å². The summed E-state index contributed by atoms with van der Waals surface area (Å²) in [7, 11) is 0. The Labute approximate surface area is 128 Å². The van der Waals surface area contributed by atoms with Gasteiger partial charge < -0.3 is 5.11 Å². The van der Waals surface area contributed by atoms with Crippen LogP contribution in [0.25, 0.3) is 0 Å². The van der Waals surface area contributed by atoms with Crippen LogP contribution in [-0.2, 0) is 0 Å². The number of nitrogens with zero attached hydrogens (tertiary/aromatic N) is 1. The van der Waals surface area contributed by atoms with E-state index >= 15 is 0 Å². The summed E-state index contributed by atoms with van der Waals surface area (Å²) in [6, 6.07) is 12.6. The maximum Gasteiger partial charge on any atom is 0.159 e. The summed E-state index contributed by atoms with van der Waals surface area (Å²) in [5.41, 5.74) is 1.90. The maximum absolute atomic E-state index is 13.5. The van der Waals surface area contributed by atoms with E-state index in [1.165, 1.54) is 6.07 Å². The average molecular weight is 299 g/mol. The number of rotatable bonds is 4. The lowest BCUT2D eigenvalue weighted by Gasteiger charge is -2.18. The van der Waals surface area contributed by atoms with Gasteiger partial charge in [0, 0.05) is 12.3 Å². The number of aliphatic hydroxyl groups is 1. The molecule has 112 valence electrons. The molecule has 0 aliphatic carbocycles. The van der Waals surface area contributed by atoms with Gasteiger partial charge in [0.15, 0.2) is 11.6 Å². The second-order valence-corrected chi connectivity index (χ2v) is 4.94. The van der Waals surface area contributed by atoms with Gasteiger partial charge in [-0.2, -0.15) is 5.26 Å². The van der Waals surface area contributed by atoms with Crippen LogP contribution in [-0.4, -0.2) is 5.11 Å². The summed E-state index contributed by atoms with van der Waals surface area (Å²) < 4.78 is 26.6. The molecule has 0 amide bonds. The highest BCUT2D eigenvalue weighted by atomic mass is 19.2. The monoisotopic (exact) mass is 299 g/mol. The number of halogens is 2. The van der Waals surface area contributed by atoms with Crippen molar-refractivity contribution in [2.45, 2.75) is 19.3 Å². The summed E-state index contributed by atoms with van der Waals surface area (Å²) in [6.07, 6.45) is 1.84. The molecule has 0 bridgehead atoms. The maximum atomic E-state index is 13.5. The zero-order valence-electron chi connectivity index (χ0n) is 12.1. The minimum Gasteiger partial charge on any atom is -0.513 e. The van der Waals surface area contributed by atoms with E-state index in [9.17, 15) is 13.9 Å². The summed E-state index contributed by atoms with van der Waals surface area (Å²) in [5, 5.41) is 18.7. The molecule has 2 rings (SSSR count). The molecule has 0 fully saturated rings. The van der Waals surface area contributed by atoms with Crippen LogP contribution in [0, 0.1) is 23.0 Å². The van der Waals surface area contributed by atoms with Crippen LogP contribution in [0.3, 0.4) is 0 Å². The van der Waals surface area contributed by atoms with E-state index in [0.717, 1.165) is 17.7 Å². The van der Waals surface area contributed by atoms with Gasteiger partial charge in [0.25, 0.3) is 0 Å². The van der Waals surface area contributed by atoms with Crippen LogP contribution in [0.15, 0.2) is 54.3 Å². The molecular formula is C18H15F2NO. The van der Waals surface area contributed by atoms with Gasteiger partial charge >= 0.3 is 0 Å². The topological polar surface area (TPSA) is 44.0 Å². The minimum absolute atomic E-state index is 0.166. The first-order chi connectivity index (χ1) is 10.5. The van der Waals surface area contributed by atoms with E-state index in [2.05, 4.69) is 0 Å². The van der Waals surface area contributed by atoms with Gasteiger partial charge in [-0.15, -0.1) is 0 Å². The summed E-state index contributed by atoms with van der Waals surface area (Å²) in [6.45, 7) is 1.70. The fourth-order valence-electron chi connectivity index (χ4n) is 2.27. The van der Waals surface area contributed by atoms with Crippen molar-refractivity contribution in [3.8, 4) is 6.07 Å². The third-order valence-electron chi connectivity index (χ3n) is 3.53. The lowest BCUT2D eigenvalue weighted by atomic mass is 9.87. The Morgan fingerprint density at radius 1 is 1.14 bits per heavy atom. The molecular weight excluding hydrogens is 284 g/mol. The van der Waals surface area contributed by atoms with Gasteiger partial charge in [-0.1, -0.05) is 18.2 Å². The first kappa shape index (κ1) is 15.7. The number of benzene rings is 2. The first-order valence-corrected chi connectivity index (χ1v) is 6.84. The molecule has 2 aromatic carbocycles. The number of hydrogen-bond acceptors (Lipinski definition) is 2. The third kappa shape index (κ3) is 3.50. The Bertz CT molecular complexity index is 730. The van der Waals surface area contributed by atoms with Crippen LogP contribution < -0.4 is 0 Å². The van der Waals surface area contributed by atoms with Crippen LogP contribution >= 0.6 is 0 Å². The zero-order valence-corrected chi connectivity index (χ0v) is 12.1. The van der Waals surface area contributed by atoms with E-state index in [0.29, 0.717) is 11.1 Å². The predicted octanol–water partition coefficient (Wildman–Crippen LogP) is 4.82. The molecule has 0 saturated carbocycles. The molecule has 0 unspecified atom stereocenters. The minimum atomic E-state index is -0.920. The van der Waals surface area contributed by atoms with Crippen molar-refractivity contribution in [1.29, 1.82) is 5.26 Å². The molecule has 2 aromatic rings. The number of aliphatic hydroxyl groups excluding tert-OH is 1. The van der Waals surface area contributed by atoms with Gasteiger partial charge in [-0.3, -0.25) is 0 Å². The molecule has 0 radical (unpaired) electrons. The lowest BCUT2D eigenvalue weighted by Crippen LogP contribution is -2.04. The molecule has 4 heteroatoms. The van der Waals surface area contributed by atoms with Gasteiger partial charge in [-0.25, -0.2) is 8.78 Å². The normalized spacial score (nSPS) is 12.7. The zero-order chi connectivity index (χ0) is 16.1. The number of allylic oxidation sites excluding steroid dienone is 2. The van der Waals surface area contributed by atoms with Crippen molar-refractivity contribution in [2.75, 3.05) is 0 Å².